The molecule has 0 spiro atoms. The summed E-state index contributed by atoms with van der Waals surface area (Å²) in [5.74, 6) is 0.687. The van der Waals surface area contributed by atoms with Crippen molar-refractivity contribution in [2.24, 2.45) is 0 Å². The molecule has 5 heteroatoms. The quantitative estimate of drug-likeness (QED) is 0.490. The lowest BCUT2D eigenvalue weighted by Crippen LogP contribution is -1.93. The second kappa shape index (κ2) is 4.49. The summed E-state index contributed by atoms with van der Waals surface area (Å²) in [4.78, 5) is 12.1. The molecule has 2 aromatic heterocycles. The van der Waals surface area contributed by atoms with Crippen LogP contribution < -0.4 is 11.1 Å². The highest BCUT2D eigenvalue weighted by atomic mass is 15.1. The maximum absolute atomic E-state index is 5.78. The molecule has 0 aliphatic heterocycles. The normalized spacial score (nSPS) is 11.0. The zero-order chi connectivity index (χ0) is 14.2. The molecule has 5 nitrogen and oxygen atoms in total. The monoisotopic (exact) mass is 275 g/mol. The van der Waals surface area contributed by atoms with Crippen LogP contribution in [0.5, 0.6) is 0 Å². The number of anilines is 3. The summed E-state index contributed by atoms with van der Waals surface area (Å²) in [5.41, 5.74) is 10.2. The lowest BCUT2D eigenvalue weighted by Gasteiger charge is -2.06. The molecule has 4 rings (SSSR count). The van der Waals surface area contributed by atoms with Crippen molar-refractivity contribution in [3.8, 4) is 0 Å². The summed E-state index contributed by atoms with van der Waals surface area (Å²) in [5, 5.41) is 4.36. The summed E-state index contributed by atoms with van der Waals surface area (Å²) in [6.07, 6.45) is 1.79. The van der Waals surface area contributed by atoms with Gasteiger partial charge in [-0.2, -0.15) is 0 Å². The molecule has 0 saturated carbocycles. The van der Waals surface area contributed by atoms with Crippen LogP contribution in [0.4, 0.5) is 17.3 Å². The average Bonchev–Trinajstić information content (AvgIpc) is 2.89. The van der Waals surface area contributed by atoms with Gasteiger partial charge in [0.1, 0.15) is 0 Å². The van der Waals surface area contributed by atoms with Crippen molar-refractivity contribution in [2.45, 2.75) is 0 Å². The fourth-order valence-corrected chi connectivity index (χ4v) is 2.43. The molecule has 0 amide bonds. The van der Waals surface area contributed by atoms with Crippen molar-refractivity contribution >= 4 is 39.3 Å². The lowest BCUT2D eigenvalue weighted by molar-refractivity contribution is 1.31. The Morgan fingerprint density at radius 3 is 2.90 bits per heavy atom. The van der Waals surface area contributed by atoms with Gasteiger partial charge in [0.15, 0.2) is 0 Å². The number of nitrogen functional groups attached to an aromatic ring is 1. The predicted molar refractivity (Wildman–Crippen MR) is 85.5 cm³/mol. The molecule has 2 heterocycles. The summed E-state index contributed by atoms with van der Waals surface area (Å²) < 4.78 is 0. The van der Waals surface area contributed by atoms with Crippen LogP contribution in [-0.4, -0.2) is 15.0 Å². The van der Waals surface area contributed by atoms with Gasteiger partial charge in [-0.05, 0) is 42.5 Å². The molecule has 0 aliphatic carbocycles. The number of H-pyrrole nitrogens is 1. The van der Waals surface area contributed by atoms with Crippen LogP contribution in [0.3, 0.4) is 0 Å². The molecule has 0 bridgehead atoms. The van der Waals surface area contributed by atoms with Gasteiger partial charge in [0, 0.05) is 17.3 Å². The molecule has 0 unspecified atom stereocenters. The molecule has 0 radical (unpaired) electrons. The van der Waals surface area contributed by atoms with Crippen LogP contribution in [-0.2, 0) is 0 Å². The molecule has 0 atom stereocenters. The largest absolute Gasteiger partial charge is 0.399 e. The first-order chi connectivity index (χ1) is 10.3. The first-order valence-corrected chi connectivity index (χ1v) is 6.66. The Balaban J connectivity index is 1.79. The fourth-order valence-electron chi connectivity index (χ4n) is 2.43. The Morgan fingerprint density at radius 2 is 1.95 bits per heavy atom. The number of pyridine rings is 1. The third-order valence-electron chi connectivity index (χ3n) is 3.40. The summed E-state index contributed by atoms with van der Waals surface area (Å²) in [6, 6.07) is 15.5. The van der Waals surface area contributed by atoms with E-state index in [9.17, 15) is 0 Å². The van der Waals surface area contributed by atoms with Crippen LogP contribution in [0.15, 0.2) is 54.7 Å². The highest BCUT2D eigenvalue weighted by Gasteiger charge is 2.06. The van der Waals surface area contributed by atoms with Gasteiger partial charge in [-0.1, -0.05) is 6.07 Å². The number of fused-ring (bicyclic) bond motifs is 2. The molecule has 0 fully saturated rings. The first-order valence-electron chi connectivity index (χ1n) is 6.66. The van der Waals surface area contributed by atoms with Crippen molar-refractivity contribution in [3.63, 3.8) is 0 Å². The SMILES string of the molecule is Nc1ccc2nc(Nc3cccc4ncccc34)[nH]c2c1. The van der Waals surface area contributed by atoms with Crippen molar-refractivity contribution in [1.82, 2.24) is 15.0 Å². The van der Waals surface area contributed by atoms with E-state index in [2.05, 4.69) is 20.3 Å². The first kappa shape index (κ1) is 11.7. The standard InChI is InChI=1S/C16H13N5/c17-10-6-7-14-15(9-10)21-16(20-14)19-13-5-1-4-12-11(13)3-2-8-18-12/h1-9H,17H2,(H2,19,20,21). The fraction of sp³-hybridized carbons (Fsp3) is 0. The Kier molecular flexibility index (Phi) is 2.50. The van der Waals surface area contributed by atoms with Gasteiger partial charge in [0.25, 0.3) is 0 Å². The summed E-state index contributed by atoms with van der Waals surface area (Å²) >= 11 is 0. The Hall–Kier alpha value is -3.08. The van der Waals surface area contributed by atoms with Gasteiger partial charge in [-0.25, -0.2) is 4.98 Å². The van der Waals surface area contributed by atoms with E-state index in [4.69, 9.17) is 5.73 Å². The minimum atomic E-state index is 0.687. The third-order valence-corrected chi connectivity index (χ3v) is 3.40. The van der Waals surface area contributed by atoms with Crippen LogP contribution >= 0.6 is 0 Å². The summed E-state index contributed by atoms with van der Waals surface area (Å²) in [6.45, 7) is 0. The van der Waals surface area contributed by atoms with Gasteiger partial charge < -0.3 is 16.0 Å². The molecule has 102 valence electrons. The highest BCUT2D eigenvalue weighted by Crippen LogP contribution is 2.25. The Labute approximate surface area is 120 Å². The van der Waals surface area contributed by atoms with Crippen molar-refractivity contribution < 1.29 is 0 Å². The van der Waals surface area contributed by atoms with Gasteiger partial charge >= 0.3 is 0 Å². The number of rotatable bonds is 2. The van der Waals surface area contributed by atoms with E-state index in [0.717, 1.165) is 27.6 Å². The molecule has 4 aromatic rings. The van der Waals surface area contributed by atoms with Crippen LogP contribution in [0.25, 0.3) is 21.9 Å². The number of nitrogens with zero attached hydrogens (tertiary/aromatic N) is 2. The highest BCUT2D eigenvalue weighted by molar-refractivity contribution is 5.93. The Morgan fingerprint density at radius 1 is 1.00 bits per heavy atom. The zero-order valence-corrected chi connectivity index (χ0v) is 11.2. The van der Waals surface area contributed by atoms with E-state index in [0.29, 0.717) is 11.6 Å². The number of nitrogens with one attached hydrogen (secondary N) is 2. The lowest BCUT2D eigenvalue weighted by atomic mass is 10.2. The number of hydrogen-bond acceptors (Lipinski definition) is 4. The maximum Gasteiger partial charge on any atom is 0.205 e. The van der Waals surface area contributed by atoms with Crippen molar-refractivity contribution in [3.05, 3.63) is 54.7 Å². The number of benzene rings is 2. The minimum absolute atomic E-state index is 0.687. The van der Waals surface area contributed by atoms with E-state index in [-0.39, 0.29) is 0 Å². The van der Waals surface area contributed by atoms with E-state index in [1.807, 2.05) is 48.5 Å². The molecule has 2 aromatic carbocycles. The van der Waals surface area contributed by atoms with Crippen LogP contribution in [0.2, 0.25) is 0 Å². The number of nitrogens with two attached hydrogens (primary N) is 1. The second-order valence-corrected chi connectivity index (χ2v) is 4.86. The molecule has 4 N–H and O–H groups in total. The third kappa shape index (κ3) is 2.04. The Bertz CT molecular complexity index is 936. The molecular formula is C16H13N5. The topological polar surface area (TPSA) is 79.6 Å². The average molecular weight is 275 g/mol. The smallest absolute Gasteiger partial charge is 0.205 e. The van der Waals surface area contributed by atoms with Crippen LogP contribution in [0, 0.1) is 0 Å². The maximum atomic E-state index is 5.78. The zero-order valence-electron chi connectivity index (χ0n) is 11.2. The number of aromatic nitrogens is 3. The van der Waals surface area contributed by atoms with Crippen molar-refractivity contribution in [2.75, 3.05) is 11.1 Å². The van der Waals surface area contributed by atoms with Gasteiger partial charge in [-0.15, -0.1) is 0 Å². The van der Waals surface area contributed by atoms with E-state index in [1.54, 1.807) is 6.20 Å². The van der Waals surface area contributed by atoms with E-state index < -0.39 is 0 Å². The van der Waals surface area contributed by atoms with Gasteiger partial charge in [0.2, 0.25) is 5.95 Å². The second-order valence-electron chi connectivity index (χ2n) is 4.86. The number of hydrogen-bond donors (Lipinski definition) is 3. The molecular weight excluding hydrogens is 262 g/mol. The van der Waals surface area contributed by atoms with Crippen molar-refractivity contribution in [1.29, 1.82) is 0 Å². The van der Waals surface area contributed by atoms with E-state index >= 15 is 0 Å². The van der Waals surface area contributed by atoms with Crippen LogP contribution in [0.1, 0.15) is 0 Å². The predicted octanol–water partition coefficient (Wildman–Crippen LogP) is 3.44. The van der Waals surface area contributed by atoms with Gasteiger partial charge in [0.05, 0.1) is 22.2 Å². The van der Waals surface area contributed by atoms with E-state index in [1.165, 1.54) is 0 Å². The van der Waals surface area contributed by atoms with Gasteiger partial charge in [-0.3, -0.25) is 4.98 Å². The molecule has 0 saturated heterocycles. The number of aromatic amines is 1. The summed E-state index contributed by atoms with van der Waals surface area (Å²) in [7, 11) is 0. The number of imidazole rings is 1. The molecule has 21 heavy (non-hydrogen) atoms. The minimum Gasteiger partial charge on any atom is -0.399 e. The molecule has 0 aliphatic rings.